The van der Waals surface area contributed by atoms with Crippen LogP contribution in [0.1, 0.15) is 87.6 Å². The maximum Gasteiger partial charge on any atom is 0.325 e. The van der Waals surface area contributed by atoms with Gasteiger partial charge in [-0.15, -0.1) is 0 Å². The topological polar surface area (TPSA) is 55.4 Å². The maximum absolute atomic E-state index is 12.0. The lowest BCUT2D eigenvalue weighted by molar-refractivity contribution is -0.142. The number of rotatable bonds is 14. The van der Waals surface area contributed by atoms with Crippen LogP contribution in [0.15, 0.2) is 24.3 Å². The van der Waals surface area contributed by atoms with Gasteiger partial charge in [0.2, 0.25) is 0 Å². The minimum Gasteiger partial charge on any atom is -0.464 e. The van der Waals surface area contributed by atoms with Gasteiger partial charge < -0.3 is 10.1 Å². The molecule has 1 amide bonds. The lowest BCUT2D eigenvalue weighted by Gasteiger charge is -2.07. The molecule has 1 rings (SSSR count). The van der Waals surface area contributed by atoms with Crippen molar-refractivity contribution in [1.82, 2.24) is 5.32 Å². The minimum absolute atomic E-state index is 0.0776. The molecule has 0 aromatic heterocycles. The number of amides is 1. The first kappa shape index (κ1) is 22.2. The Morgan fingerprint density at radius 2 is 1.42 bits per heavy atom. The Morgan fingerprint density at radius 3 is 2.00 bits per heavy atom. The molecule has 1 N–H and O–H groups in total. The van der Waals surface area contributed by atoms with Crippen LogP contribution in [0, 0.1) is 0 Å². The third-order valence-corrected chi connectivity index (χ3v) is 4.53. The summed E-state index contributed by atoms with van der Waals surface area (Å²) in [6.45, 7) is 4.66. The largest absolute Gasteiger partial charge is 0.464 e. The fraction of sp³-hybridized carbons (Fsp3) is 0.636. The van der Waals surface area contributed by atoms with Gasteiger partial charge in [-0.05, 0) is 30.5 Å². The van der Waals surface area contributed by atoms with Gasteiger partial charge in [0.05, 0.1) is 6.61 Å². The predicted octanol–water partition coefficient (Wildman–Crippen LogP) is 5.05. The lowest BCUT2D eigenvalue weighted by atomic mass is 10.1. The average Bonchev–Trinajstić information content (AvgIpc) is 2.67. The van der Waals surface area contributed by atoms with Crippen LogP contribution in [0.3, 0.4) is 0 Å². The molecule has 0 radical (unpaired) electrons. The second kappa shape index (κ2) is 14.3. The maximum atomic E-state index is 12.0. The van der Waals surface area contributed by atoms with E-state index in [9.17, 15) is 9.59 Å². The molecule has 0 aliphatic rings. The van der Waals surface area contributed by atoms with Crippen molar-refractivity contribution in [1.29, 1.82) is 0 Å². The number of unbranched alkanes of at least 4 members (excludes halogenated alkanes) is 8. The molecular weight excluding hydrogens is 326 g/mol. The summed E-state index contributed by atoms with van der Waals surface area (Å²) < 4.78 is 5.17. The number of carbonyl (C=O) groups is 2. The smallest absolute Gasteiger partial charge is 0.325 e. The summed E-state index contributed by atoms with van der Waals surface area (Å²) >= 11 is 0. The molecule has 0 bridgehead atoms. The van der Waals surface area contributed by atoms with E-state index in [0.717, 1.165) is 19.3 Å². The van der Waals surface area contributed by atoms with E-state index in [1.54, 1.807) is 12.1 Å². The first-order valence-electron chi connectivity index (χ1n) is 10.2. The standard InChI is InChI=1S/C22H35NO3/c1-3-5-6-7-8-9-10-11-12-17-26-21(24)18-23-22(25)20-15-13-19(4-2)14-16-20/h13-16H,3-12,17-18H2,1-2H3,(H,23,25). The van der Waals surface area contributed by atoms with Crippen LogP contribution in [-0.2, 0) is 16.0 Å². The van der Waals surface area contributed by atoms with Crippen molar-refractivity contribution in [3.63, 3.8) is 0 Å². The van der Waals surface area contributed by atoms with Crippen molar-refractivity contribution in [3.05, 3.63) is 35.4 Å². The Labute approximate surface area is 158 Å². The van der Waals surface area contributed by atoms with Crippen molar-refractivity contribution in [2.75, 3.05) is 13.2 Å². The van der Waals surface area contributed by atoms with Gasteiger partial charge in [-0.1, -0.05) is 77.3 Å². The van der Waals surface area contributed by atoms with Crippen LogP contribution in [0.2, 0.25) is 0 Å². The molecule has 0 aliphatic carbocycles. The van der Waals surface area contributed by atoms with Crippen LogP contribution in [0.25, 0.3) is 0 Å². The fourth-order valence-corrected chi connectivity index (χ4v) is 2.80. The van der Waals surface area contributed by atoms with Crippen LogP contribution in [0.5, 0.6) is 0 Å². The molecule has 0 saturated carbocycles. The van der Waals surface area contributed by atoms with Crippen molar-refractivity contribution in [2.24, 2.45) is 0 Å². The van der Waals surface area contributed by atoms with Gasteiger partial charge in [-0.2, -0.15) is 0 Å². The van der Waals surface area contributed by atoms with Crippen molar-refractivity contribution in [3.8, 4) is 0 Å². The molecule has 1 aromatic carbocycles. The Kier molecular flexibility index (Phi) is 12.2. The van der Waals surface area contributed by atoms with Crippen molar-refractivity contribution in [2.45, 2.75) is 78.1 Å². The monoisotopic (exact) mass is 361 g/mol. The Balaban J connectivity index is 2.01. The van der Waals surface area contributed by atoms with Crippen LogP contribution < -0.4 is 5.32 Å². The van der Waals surface area contributed by atoms with Gasteiger partial charge >= 0.3 is 5.97 Å². The summed E-state index contributed by atoms with van der Waals surface area (Å²) in [4.78, 5) is 23.7. The van der Waals surface area contributed by atoms with Gasteiger partial charge in [0.1, 0.15) is 6.54 Å². The van der Waals surface area contributed by atoms with E-state index in [0.29, 0.717) is 12.2 Å². The highest BCUT2D eigenvalue weighted by Crippen LogP contribution is 2.09. The zero-order valence-electron chi connectivity index (χ0n) is 16.5. The first-order valence-corrected chi connectivity index (χ1v) is 10.2. The van der Waals surface area contributed by atoms with Gasteiger partial charge in [0.25, 0.3) is 5.91 Å². The molecule has 0 spiro atoms. The Hall–Kier alpha value is -1.84. The van der Waals surface area contributed by atoms with Gasteiger partial charge in [0.15, 0.2) is 0 Å². The normalized spacial score (nSPS) is 10.5. The highest BCUT2D eigenvalue weighted by molar-refractivity contribution is 5.95. The van der Waals surface area contributed by atoms with Gasteiger partial charge in [-0.25, -0.2) is 0 Å². The number of esters is 1. The number of benzene rings is 1. The molecule has 0 heterocycles. The zero-order valence-corrected chi connectivity index (χ0v) is 16.5. The summed E-state index contributed by atoms with van der Waals surface area (Å²) in [5, 5.41) is 2.61. The highest BCUT2D eigenvalue weighted by atomic mass is 16.5. The van der Waals surface area contributed by atoms with Crippen LogP contribution in [0.4, 0.5) is 0 Å². The van der Waals surface area contributed by atoms with E-state index in [1.165, 1.54) is 50.5 Å². The molecular formula is C22H35NO3. The van der Waals surface area contributed by atoms with Crippen LogP contribution in [-0.4, -0.2) is 25.0 Å². The molecule has 0 unspecified atom stereocenters. The molecule has 4 heteroatoms. The molecule has 0 saturated heterocycles. The lowest BCUT2D eigenvalue weighted by Crippen LogP contribution is -2.30. The summed E-state index contributed by atoms with van der Waals surface area (Å²) in [7, 11) is 0. The summed E-state index contributed by atoms with van der Waals surface area (Å²) in [5.41, 5.74) is 1.75. The second-order valence-corrected chi connectivity index (χ2v) is 6.78. The van der Waals surface area contributed by atoms with E-state index in [4.69, 9.17) is 4.74 Å². The molecule has 1 aromatic rings. The number of hydrogen-bond donors (Lipinski definition) is 1. The Bertz CT molecular complexity index is 511. The molecule has 0 fully saturated rings. The molecule has 26 heavy (non-hydrogen) atoms. The molecule has 0 aliphatic heterocycles. The summed E-state index contributed by atoms with van der Waals surface area (Å²) in [6.07, 6.45) is 12.0. The number of ether oxygens (including phenoxy) is 1. The van der Waals surface area contributed by atoms with Crippen LogP contribution >= 0.6 is 0 Å². The molecule has 0 atom stereocenters. The number of aryl methyl sites for hydroxylation is 1. The number of nitrogens with one attached hydrogen (secondary N) is 1. The van der Waals surface area contributed by atoms with E-state index in [2.05, 4.69) is 19.2 Å². The highest BCUT2D eigenvalue weighted by Gasteiger charge is 2.08. The zero-order chi connectivity index (χ0) is 19.0. The van der Waals surface area contributed by atoms with E-state index in [-0.39, 0.29) is 18.4 Å². The average molecular weight is 362 g/mol. The van der Waals surface area contributed by atoms with E-state index in [1.807, 2.05) is 12.1 Å². The Morgan fingerprint density at radius 1 is 0.846 bits per heavy atom. The fourth-order valence-electron chi connectivity index (χ4n) is 2.80. The predicted molar refractivity (Wildman–Crippen MR) is 106 cm³/mol. The third kappa shape index (κ3) is 10.2. The van der Waals surface area contributed by atoms with E-state index >= 15 is 0 Å². The minimum atomic E-state index is -0.372. The van der Waals surface area contributed by atoms with Gasteiger partial charge in [0, 0.05) is 5.56 Å². The summed E-state index contributed by atoms with van der Waals surface area (Å²) in [5.74, 6) is -0.615. The van der Waals surface area contributed by atoms with Gasteiger partial charge in [-0.3, -0.25) is 9.59 Å². The quantitative estimate of drug-likeness (QED) is 0.372. The van der Waals surface area contributed by atoms with E-state index < -0.39 is 0 Å². The second-order valence-electron chi connectivity index (χ2n) is 6.78. The summed E-state index contributed by atoms with van der Waals surface area (Å²) in [6, 6.07) is 7.41. The molecule has 146 valence electrons. The number of hydrogen-bond acceptors (Lipinski definition) is 3. The number of carbonyl (C=O) groups excluding carboxylic acids is 2. The molecule has 4 nitrogen and oxygen atoms in total. The third-order valence-electron chi connectivity index (χ3n) is 4.53. The van der Waals surface area contributed by atoms with Crippen molar-refractivity contribution >= 4 is 11.9 Å². The first-order chi connectivity index (χ1) is 12.7. The van der Waals surface area contributed by atoms with Crippen molar-refractivity contribution < 1.29 is 14.3 Å². The SMILES string of the molecule is CCCCCCCCCCCOC(=O)CNC(=O)c1ccc(CC)cc1.